The maximum Gasteiger partial charge on any atom is 0.322 e. The highest BCUT2D eigenvalue weighted by molar-refractivity contribution is 7.89. The van der Waals surface area contributed by atoms with Gasteiger partial charge in [0.25, 0.3) is 0 Å². The Morgan fingerprint density at radius 1 is 1.26 bits per heavy atom. The Balaban J connectivity index is 2.59. The summed E-state index contributed by atoms with van der Waals surface area (Å²) in [5, 5.41) is 8.86. The quantitative estimate of drug-likeness (QED) is 0.599. The molecule has 1 saturated carbocycles. The highest BCUT2D eigenvalue weighted by Gasteiger charge is 2.28. The minimum absolute atomic E-state index is 0.0641. The number of nitrogens with two attached hydrogens (primary N) is 1. The number of aliphatic carboxylic acids is 1. The van der Waals surface area contributed by atoms with Gasteiger partial charge in [-0.1, -0.05) is 19.3 Å². The van der Waals surface area contributed by atoms with Crippen molar-refractivity contribution < 1.29 is 23.1 Å². The van der Waals surface area contributed by atoms with Crippen molar-refractivity contribution in [1.29, 1.82) is 0 Å². The van der Waals surface area contributed by atoms with Crippen LogP contribution in [0.5, 0.6) is 0 Å². The molecule has 0 saturated heterocycles. The molecule has 0 radical (unpaired) electrons. The van der Waals surface area contributed by atoms with Crippen LogP contribution in [-0.2, 0) is 19.6 Å². The van der Waals surface area contributed by atoms with Crippen LogP contribution in [0.4, 0.5) is 0 Å². The summed E-state index contributed by atoms with van der Waals surface area (Å²) in [5.74, 6) is -2.27. The summed E-state index contributed by atoms with van der Waals surface area (Å²) in [6, 6.07) is -1.48. The molecule has 0 aromatic carbocycles. The fraction of sp³-hybridized carbons (Fsp3) is 0.818. The molecular weight excluding hydrogens is 272 g/mol. The van der Waals surface area contributed by atoms with E-state index in [1.807, 2.05) is 4.72 Å². The number of carbonyl (C=O) groups is 2. The highest BCUT2D eigenvalue weighted by Crippen LogP contribution is 2.24. The lowest BCUT2D eigenvalue weighted by atomic mass is 9.91. The molecule has 7 nitrogen and oxygen atoms in total. The summed E-state index contributed by atoms with van der Waals surface area (Å²) in [5.41, 5.74) is 4.90. The number of primary amides is 1. The molecule has 4 N–H and O–H groups in total. The van der Waals surface area contributed by atoms with Crippen LogP contribution in [0.1, 0.15) is 38.5 Å². The second-order valence-electron chi connectivity index (χ2n) is 4.96. The predicted molar refractivity (Wildman–Crippen MR) is 68.7 cm³/mol. The first-order valence-corrected chi connectivity index (χ1v) is 7.96. The number of rotatable bonds is 7. The van der Waals surface area contributed by atoms with Gasteiger partial charge in [-0.15, -0.1) is 0 Å². The van der Waals surface area contributed by atoms with E-state index in [1.165, 1.54) is 0 Å². The van der Waals surface area contributed by atoms with Crippen molar-refractivity contribution in [3.05, 3.63) is 0 Å². The van der Waals surface area contributed by atoms with Gasteiger partial charge in [0.1, 0.15) is 6.04 Å². The third-order valence-corrected chi connectivity index (χ3v) is 4.76. The zero-order chi connectivity index (χ0) is 14.5. The van der Waals surface area contributed by atoms with E-state index in [-0.39, 0.29) is 11.7 Å². The van der Waals surface area contributed by atoms with Crippen molar-refractivity contribution >= 4 is 21.9 Å². The van der Waals surface area contributed by atoms with E-state index in [0.29, 0.717) is 0 Å². The molecule has 110 valence electrons. The van der Waals surface area contributed by atoms with Crippen molar-refractivity contribution in [2.75, 3.05) is 5.75 Å². The van der Waals surface area contributed by atoms with Gasteiger partial charge in [0.15, 0.2) is 0 Å². The number of carboxylic acids is 1. The Hall–Kier alpha value is -1.15. The van der Waals surface area contributed by atoms with Crippen LogP contribution in [0.15, 0.2) is 0 Å². The van der Waals surface area contributed by atoms with Crippen molar-refractivity contribution in [3.63, 3.8) is 0 Å². The fourth-order valence-electron chi connectivity index (χ4n) is 2.31. The van der Waals surface area contributed by atoms with Gasteiger partial charge in [0.2, 0.25) is 15.9 Å². The van der Waals surface area contributed by atoms with E-state index in [0.717, 1.165) is 32.1 Å². The number of hydrogen-bond acceptors (Lipinski definition) is 4. The van der Waals surface area contributed by atoms with E-state index >= 15 is 0 Å². The Morgan fingerprint density at radius 2 is 1.84 bits per heavy atom. The second-order valence-corrected chi connectivity index (χ2v) is 6.76. The summed E-state index contributed by atoms with van der Waals surface area (Å²) in [4.78, 5) is 21.6. The Kier molecular flexibility index (Phi) is 5.74. The first-order chi connectivity index (χ1) is 8.80. The molecule has 0 aromatic heterocycles. The molecule has 1 aliphatic rings. The minimum atomic E-state index is -3.71. The van der Waals surface area contributed by atoms with Gasteiger partial charge in [0.05, 0.1) is 12.2 Å². The summed E-state index contributed by atoms with van der Waals surface area (Å²) in [6.07, 6.45) is 4.26. The van der Waals surface area contributed by atoms with Gasteiger partial charge in [-0.2, -0.15) is 0 Å². The lowest BCUT2D eigenvalue weighted by molar-refractivity contribution is -0.140. The fourth-order valence-corrected chi connectivity index (χ4v) is 3.98. The standard InChI is InChI=1S/C11H20N2O5S/c12-10(14)6-9(11(15)16)13-19(17,18)7-8-4-2-1-3-5-8/h8-9,13H,1-7H2,(H2,12,14)(H,15,16). The van der Waals surface area contributed by atoms with Gasteiger partial charge < -0.3 is 10.8 Å². The van der Waals surface area contributed by atoms with E-state index in [1.54, 1.807) is 0 Å². The normalized spacial score (nSPS) is 18.9. The lowest BCUT2D eigenvalue weighted by Gasteiger charge is -2.22. The number of hydrogen-bond donors (Lipinski definition) is 3. The molecule has 0 spiro atoms. The Morgan fingerprint density at radius 3 is 2.32 bits per heavy atom. The maximum atomic E-state index is 11.9. The van der Waals surface area contributed by atoms with Crippen LogP contribution in [-0.4, -0.2) is 37.2 Å². The van der Waals surface area contributed by atoms with E-state index < -0.39 is 34.4 Å². The first-order valence-electron chi connectivity index (χ1n) is 6.31. The van der Waals surface area contributed by atoms with Gasteiger partial charge >= 0.3 is 5.97 Å². The minimum Gasteiger partial charge on any atom is -0.480 e. The average molecular weight is 292 g/mol. The average Bonchev–Trinajstić information content (AvgIpc) is 2.27. The van der Waals surface area contributed by atoms with Gasteiger partial charge in [-0.05, 0) is 18.8 Å². The topological polar surface area (TPSA) is 127 Å². The SMILES string of the molecule is NC(=O)CC(NS(=O)(=O)CC1CCCCC1)C(=O)O. The molecule has 1 fully saturated rings. The zero-order valence-electron chi connectivity index (χ0n) is 10.7. The van der Waals surface area contributed by atoms with E-state index in [9.17, 15) is 18.0 Å². The molecule has 0 heterocycles. The molecule has 19 heavy (non-hydrogen) atoms. The Labute approximate surface area is 112 Å². The van der Waals surface area contributed by atoms with Crippen molar-refractivity contribution in [1.82, 2.24) is 4.72 Å². The molecule has 1 atom stereocenters. The third-order valence-electron chi connectivity index (χ3n) is 3.21. The monoisotopic (exact) mass is 292 g/mol. The molecule has 0 aromatic rings. The number of amides is 1. The molecule has 1 amide bonds. The van der Waals surface area contributed by atoms with Crippen molar-refractivity contribution in [2.24, 2.45) is 11.7 Å². The maximum absolute atomic E-state index is 11.9. The van der Waals surface area contributed by atoms with Crippen LogP contribution < -0.4 is 10.5 Å². The molecular formula is C11H20N2O5S. The number of sulfonamides is 1. The molecule has 0 aliphatic heterocycles. The summed E-state index contributed by atoms with van der Waals surface area (Å²) >= 11 is 0. The zero-order valence-corrected chi connectivity index (χ0v) is 11.5. The Bertz CT molecular complexity index is 428. The predicted octanol–water partition coefficient (Wildman–Crippen LogP) is -0.185. The smallest absolute Gasteiger partial charge is 0.322 e. The van der Waals surface area contributed by atoms with Crippen LogP contribution in [0.3, 0.4) is 0 Å². The molecule has 1 rings (SSSR count). The van der Waals surface area contributed by atoms with Crippen molar-refractivity contribution in [3.8, 4) is 0 Å². The highest BCUT2D eigenvalue weighted by atomic mass is 32.2. The van der Waals surface area contributed by atoms with Crippen LogP contribution in [0.2, 0.25) is 0 Å². The molecule has 1 unspecified atom stereocenters. The van der Waals surface area contributed by atoms with Crippen molar-refractivity contribution in [2.45, 2.75) is 44.6 Å². The van der Waals surface area contributed by atoms with E-state index in [2.05, 4.69) is 0 Å². The van der Waals surface area contributed by atoms with Gasteiger partial charge in [-0.3, -0.25) is 9.59 Å². The van der Waals surface area contributed by atoms with Gasteiger partial charge in [0, 0.05) is 0 Å². The summed E-state index contributed by atoms with van der Waals surface area (Å²) < 4.78 is 25.8. The molecule has 0 bridgehead atoms. The van der Waals surface area contributed by atoms with Crippen LogP contribution >= 0.6 is 0 Å². The van der Waals surface area contributed by atoms with Crippen LogP contribution in [0.25, 0.3) is 0 Å². The summed E-state index contributed by atoms with van der Waals surface area (Å²) in [6.45, 7) is 0. The number of nitrogens with one attached hydrogen (secondary N) is 1. The number of carboxylic acid groups (broad SMARTS) is 1. The largest absolute Gasteiger partial charge is 0.480 e. The first kappa shape index (κ1) is 15.9. The second kappa shape index (κ2) is 6.85. The molecule has 1 aliphatic carbocycles. The lowest BCUT2D eigenvalue weighted by Crippen LogP contribution is -2.45. The summed E-state index contributed by atoms with van der Waals surface area (Å²) in [7, 11) is -3.71. The van der Waals surface area contributed by atoms with Gasteiger partial charge in [-0.25, -0.2) is 13.1 Å². The third kappa shape index (κ3) is 6.02. The van der Waals surface area contributed by atoms with Crippen LogP contribution in [0, 0.1) is 5.92 Å². The number of carbonyl (C=O) groups excluding carboxylic acids is 1. The van der Waals surface area contributed by atoms with E-state index in [4.69, 9.17) is 10.8 Å². The molecule has 8 heteroatoms.